The number of carbonyl (C=O) groups is 2. The summed E-state index contributed by atoms with van der Waals surface area (Å²) in [5, 5.41) is 0. The van der Waals surface area contributed by atoms with E-state index in [1.54, 1.807) is 7.11 Å². The molecule has 1 aromatic rings. The lowest BCUT2D eigenvalue weighted by Gasteiger charge is -2.41. The van der Waals surface area contributed by atoms with E-state index < -0.39 is 5.54 Å². The molecule has 6 heteroatoms. The van der Waals surface area contributed by atoms with Gasteiger partial charge in [0.15, 0.2) is 0 Å². The highest BCUT2D eigenvalue weighted by molar-refractivity contribution is 5.86. The van der Waals surface area contributed by atoms with Crippen molar-refractivity contribution in [2.24, 2.45) is 5.73 Å². The van der Waals surface area contributed by atoms with Gasteiger partial charge < -0.3 is 20.3 Å². The van der Waals surface area contributed by atoms with Crippen molar-refractivity contribution >= 4 is 11.8 Å². The number of amides is 2. The fraction of sp³-hybridized carbons (Fsp3) is 0.600. The maximum Gasteiger partial charge on any atom is 0.242 e. The smallest absolute Gasteiger partial charge is 0.242 e. The van der Waals surface area contributed by atoms with Crippen molar-refractivity contribution in [1.29, 1.82) is 0 Å². The summed E-state index contributed by atoms with van der Waals surface area (Å²) in [5.74, 6) is 0.911. The fourth-order valence-electron chi connectivity index (χ4n) is 3.94. The summed E-state index contributed by atoms with van der Waals surface area (Å²) in [4.78, 5) is 29.1. The van der Waals surface area contributed by atoms with Gasteiger partial charge >= 0.3 is 0 Å². The summed E-state index contributed by atoms with van der Waals surface area (Å²) >= 11 is 0. The van der Waals surface area contributed by atoms with Crippen LogP contribution in [0.4, 0.5) is 0 Å². The number of methoxy groups -OCH3 is 1. The molecule has 2 fully saturated rings. The van der Waals surface area contributed by atoms with E-state index in [9.17, 15) is 9.59 Å². The average molecular weight is 359 g/mol. The topological polar surface area (TPSA) is 75.9 Å². The average Bonchev–Trinajstić information content (AvgIpc) is 2.68. The molecule has 0 aromatic heterocycles. The van der Waals surface area contributed by atoms with Crippen molar-refractivity contribution in [3.63, 3.8) is 0 Å². The first-order valence-electron chi connectivity index (χ1n) is 9.51. The van der Waals surface area contributed by atoms with Crippen LogP contribution in [0.1, 0.15) is 37.7 Å². The lowest BCUT2D eigenvalue weighted by Crippen LogP contribution is -2.60. The van der Waals surface area contributed by atoms with Gasteiger partial charge in [-0.1, -0.05) is 31.4 Å². The number of rotatable bonds is 4. The first-order chi connectivity index (χ1) is 12.5. The molecular weight excluding hydrogens is 330 g/mol. The van der Waals surface area contributed by atoms with Gasteiger partial charge in [0.05, 0.1) is 19.1 Å². The zero-order valence-electron chi connectivity index (χ0n) is 15.6. The van der Waals surface area contributed by atoms with E-state index in [-0.39, 0.29) is 11.8 Å². The molecule has 1 heterocycles. The SMILES string of the molecule is COc1cccc(CC(=O)N2CCN(C(=O)C3(N)CCCCC3)CC2)c1. The Bertz CT molecular complexity index is 647. The van der Waals surface area contributed by atoms with E-state index in [0.717, 1.165) is 37.0 Å². The van der Waals surface area contributed by atoms with Gasteiger partial charge in [0.1, 0.15) is 5.75 Å². The van der Waals surface area contributed by atoms with Crippen LogP contribution in [0.3, 0.4) is 0 Å². The van der Waals surface area contributed by atoms with E-state index in [1.807, 2.05) is 34.1 Å². The van der Waals surface area contributed by atoms with Gasteiger partial charge in [0, 0.05) is 26.2 Å². The van der Waals surface area contributed by atoms with E-state index in [1.165, 1.54) is 6.42 Å². The fourth-order valence-corrected chi connectivity index (χ4v) is 3.94. The van der Waals surface area contributed by atoms with Gasteiger partial charge in [0.2, 0.25) is 11.8 Å². The zero-order chi connectivity index (χ0) is 18.6. The second-order valence-electron chi connectivity index (χ2n) is 7.42. The molecule has 0 spiro atoms. The molecule has 6 nitrogen and oxygen atoms in total. The minimum Gasteiger partial charge on any atom is -0.497 e. The quantitative estimate of drug-likeness (QED) is 0.885. The molecule has 0 unspecified atom stereocenters. The highest BCUT2D eigenvalue weighted by Gasteiger charge is 2.39. The van der Waals surface area contributed by atoms with E-state index in [4.69, 9.17) is 10.5 Å². The van der Waals surface area contributed by atoms with Crippen LogP contribution in [0.5, 0.6) is 5.75 Å². The molecule has 2 N–H and O–H groups in total. The number of ether oxygens (including phenoxy) is 1. The van der Waals surface area contributed by atoms with Crippen molar-refractivity contribution in [2.45, 2.75) is 44.1 Å². The molecule has 1 aliphatic heterocycles. The van der Waals surface area contributed by atoms with Gasteiger partial charge in [0.25, 0.3) is 0 Å². The normalized spacial score (nSPS) is 19.9. The Morgan fingerprint density at radius 2 is 1.73 bits per heavy atom. The van der Waals surface area contributed by atoms with E-state index in [0.29, 0.717) is 32.6 Å². The largest absolute Gasteiger partial charge is 0.497 e. The highest BCUT2D eigenvalue weighted by atomic mass is 16.5. The monoisotopic (exact) mass is 359 g/mol. The Hall–Kier alpha value is -2.08. The van der Waals surface area contributed by atoms with Crippen LogP contribution in [0.15, 0.2) is 24.3 Å². The van der Waals surface area contributed by atoms with Crippen LogP contribution in [0.25, 0.3) is 0 Å². The molecule has 1 saturated heterocycles. The highest BCUT2D eigenvalue weighted by Crippen LogP contribution is 2.28. The molecule has 1 aliphatic carbocycles. The number of benzene rings is 1. The van der Waals surface area contributed by atoms with Crippen molar-refractivity contribution in [3.8, 4) is 5.75 Å². The second kappa shape index (κ2) is 8.08. The van der Waals surface area contributed by atoms with Crippen LogP contribution in [-0.2, 0) is 16.0 Å². The first-order valence-corrected chi connectivity index (χ1v) is 9.51. The number of carbonyl (C=O) groups excluding carboxylic acids is 2. The molecule has 142 valence electrons. The Morgan fingerprint density at radius 3 is 2.38 bits per heavy atom. The van der Waals surface area contributed by atoms with Crippen molar-refractivity contribution in [3.05, 3.63) is 29.8 Å². The summed E-state index contributed by atoms with van der Waals surface area (Å²) in [6, 6.07) is 7.58. The third-order valence-electron chi connectivity index (χ3n) is 5.58. The summed E-state index contributed by atoms with van der Waals surface area (Å²) in [7, 11) is 1.62. The van der Waals surface area contributed by atoms with Gasteiger partial charge in [-0.3, -0.25) is 9.59 Å². The second-order valence-corrected chi connectivity index (χ2v) is 7.42. The van der Waals surface area contributed by atoms with Gasteiger partial charge in [-0.25, -0.2) is 0 Å². The van der Waals surface area contributed by atoms with Crippen molar-refractivity contribution in [2.75, 3.05) is 33.3 Å². The van der Waals surface area contributed by atoms with Gasteiger partial charge in [-0.05, 0) is 30.5 Å². The Labute approximate surface area is 155 Å². The van der Waals surface area contributed by atoms with Crippen molar-refractivity contribution in [1.82, 2.24) is 9.80 Å². The summed E-state index contributed by atoms with van der Waals surface area (Å²) in [6.45, 7) is 2.29. The Kier molecular flexibility index (Phi) is 5.81. The van der Waals surface area contributed by atoms with Crippen LogP contribution >= 0.6 is 0 Å². The summed E-state index contributed by atoms with van der Waals surface area (Å²) in [6.07, 6.45) is 5.13. The molecule has 1 saturated carbocycles. The zero-order valence-corrected chi connectivity index (χ0v) is 15.6. The predicted octanol–water partition coefficient (Wildman–Crippen LogP) is 1.57. The van der Waals surface area contributed by atoms with Crippen LogP contribution in [-0.4, -0.2) is 60.4 Å². The van der Waals surface area contributed by atoms with Crippen molar-refractivity contribution < 1.29 is 14.3 Å². The van der Waals surface area contributed by atoms with E-state index in [2.05, 4.69) is 0 Å². The Balaban J connectivity index is 1.52. The molecule has 1 aromatic carbocycles. The predicted molar refractivity (Wildman–Crippen MR) is 99.9 cm³/mol. The molecule has 26 heavy (non-hydrogen) atoms. The van der Waals surface area contributed by atoms with Gasteiger partial charge in [-0.2, -0.15) is 0 Å². The molecule has 0 atom stereocenters. The number of nitrogens with zero attached hydrogens (tertiary/aromatic N) is 2. The van der Waals surface area contributed by atoms with Crippen LogP contribution in [0, 0.1) is 0 Å². The van der Waals surface area contributed by atoms with E-state index >= 15 is 0 Å². The molecular formula is C20H29N3O3. The first kappa shape index (κ1) is 18.7. The lowest BCUT2D eigenvalue weighted by molar-refractivity contribution is -0.143. The maximum absolute atomic E-state index is 12.8. The molecule has 2 amide bonds. The number of hydrogen-bond acceptors (Lipinski definition) is 4. The number of hydrogen-bond donors (Lipinski definition) is 1. The third-order valence-corrected chi connectivity index (χ3v) is 5.58. The third kappa shape index (κ3) is 4.18. The lowest BCUT2D eigenvalue weighted by atomic mass is 9.81. The Morgan fingerprint density at radius 1 is 1.08 bits per heavy atom. The number of piperazine rings is 1. The molecule has 0 bridgehead atoms. The van der Waals surface area contributed by atoms with Gasteiger partial charge in [-0.15, -0.1) is 0 Å². The molecule has 2 aliphatic rings. The minimum absolute atomic E-state index is 0.0668. The number of nitrogens with two attached hydrogens (primary N) is 1. The van der Waals surface area contributed by atoms with Crippen LogP contribution in [0.2, 0.25) is 0 Å². The molecule has 0 radical (unpaired) electrons. The summed E-state index contributed by atoms with van der Waals surface area (Å²) < 4.78 is 5.21. The standard InChI is InChI=1S/C20H29N3O3/c1-26-17-7-5-6-16(14-17)15-18(24)22-10-12-23(13-11-22)19(25)20(21)8-3-2-4-9-20/h5-7,14H,2-4,8-13,15,21H2,1H3. The minimum atomic E-state index is -0.689. The van der Waals surface area contributed by atoms with Crippen LogP contribution < -0.4 is 10.5 Å². The molecule has 3 rings (SSSR count). The summed E-state index contributed by atoms with van der Waals surface area (Å²) in [5.41, 5.74) is 6.63. The maximum atomic E-state index is 12.8.